The first kappa shape index (κ1) is 17.5. The zero-order valence-corrected chi connectivity index (χ0v) is 15.1. The van der Waals surface area contributed by atoms with Crippen LogP contribution in [0, 0.1) is 11.8 Å². The second kappa shape index (κ2) is 6.07. The Hall–Kier alpha value is -1.91. The van der Waals surface area contributed by atoms with Gasteiger partial charge in [0.05, 0.1) is 11.7 Å². The molecule has 5 atom stereocenters. The molecule has 1 aromatic rings. The summed E-state index contributed by atoms with van der Waals surface area (Å²) >= 11 is 0. The maximum atomic E-state index is 12.7. The molecule has 3 aliphatic carbocycles. The maximum absolute atomic E-state index is 12.7. The number of carbonyl (C=O) groups excluding carboxylic acids is 1. The van der Waals surface area contributed by atoms with E-state index >= 15 is 0 Å². The molecule has 0 heterocycles. The van der Waals surface area contributed by atoms with Crippen LogP contribution in [0.3, 0.4) is 0 Å². The highest BCUT2D eigenvalue weighted by Crippen LogP contribution is 2.56. The number of aliphatic hydroxyl groups excluding tert-OH is 1. The van der Waals surface area contributed by atoms with Crippen molar-refractivity contribution in [2.45, 2.75) is 56.1 Å². The van der Waals surface area contributed by atoms with E-state index in [1.807, 2.05) is 30.4 Å². The van der Waals surface area contributed by atoms with Crippen molar-refractivity contribution in [3.05, 3.63) is 53.6 Å². The van der Waals surface area contributed by atoms with Crippen LogP contribution in [0.1, 0.15) is 54.9 Å². The number of aliphatic hydroxyl groups is 2. The van der Waals surface area contributed by atoms with Gasteiger partial charge < -0.3 is 15.3 Å². The van der Waals surface area contributed by atoms with Crippen LogP contribution in [0.15, 0.2) is 42.5 Å². The van der Waals surface area contributed by atoms with Gasteiger partial charge in [-0.15, -0.1) is 0 Å². The van der Waals surface area contributed by atoms with Crippen molar-refractivity contribution in [1.82, 2.24) is 0 Å². The molecule has 1 unspecified atom stereocenters. The van der Waals surface area contributed by atoms with Crippen molar-refractivity contribution < 1.29 is 20.1 Å². The third-order valence-corrected chi connectivity index (χ3v) is 7.01. The summed E-state index contributed by atoms with van der Waals surface area (Å²) < 4.78 is 0. The Bertz CT molecular complexity index is 795. The predicted octanol–water partition coefficient (Wildman–Crippen LogP) is 3.26. The molecule has 3 N–H and O–H groups in total. The number of aromatic hydroxyl groups is 1. The van der Waals surface area contributed by atoms with Crippen LogP contribution in [-0.4, -0.2) is 32.8 Å². The van der Waals surface area contributed by atoms with Gasteiger partial charge in [0.15, 0.2) is 5.78 Å². The first-order valence-electron chi connectivity index (χ1n) is 9.51. The van der Waals surface area contributed by atoms with Gasteiger partial charge in [0.1, 0.15) is 5.75 Å². The molecule has 0 radical (unpaired) electrons. The minimum Gasteiger partial charge on any atom is -0.508 e. The fourth-order valence-corrected chi connectivity index (χ4v) is 5.52. The molecule has 4 rings (SSSR count). The molecule has 4 heteroatoms. The number of ketones is 1. The molecule has 0 amide bonds. The van der Waals surface area contributed by atoms with Crippen molar-refractivity contribution in [3.63, 3.8) is 0 Å². The highest BCUT2D eigenvalue weighted by Gasteiger charge is 2.58. The van der Waals surface area contributed by atoms with Gasteiger partial charge >= 0.3 is 0 Å². The number of phenolic OH excluding ortho intramolecular Hbond substituents is 1. The molecule has 0 saturated heterocycles. The van der Waals surface area contributed by atoms with Gasteiger partial charge in [0.2, 0.25) is 0 Å². The topological polar surface area (TPSA) is 77.8 Å². The minimum absolute atomic E-state index is 0.00949. The lowest BCUT2D eigenvalue weighted by Crippen LogP contribution is -2.60. The minimum atomic E-state index is -1.21. The Morgan fingerprint density at radius 2 is 2.04 bits per heavy atom. The molecule has 3 aliphatic rings. The second-order valence-corrected chi connectivity index (χ2v) is 8.13. The molecule has 0 bridgehead atoms. The summed E-state index contributed by atoms with van der Waals surface area (Å²) in [5, 5.41) is 32.2. The number of benzene rings is 1. The highest BCUT2D eigenvalue weighted by atomic mass is 16.3. The lowest BCUT2D eigenvalue weighted by molar-refractivity contribution is -0.159. The second-order valence-electron chi connectivity index (χ2n) is 8.13. The van der Waals surface area contributed by atoms with Gasteiger partial charge in [-0.2, -0.15) is 0 Å². The molecule has 1 aromatic carbocycles. The summed E-state index contributed by atoms with van der Waals surface area (Å²) in [4.78, 5) is 12.7. The Balaban J connectivity index is 1.77. The fraction of sp³-hybridized carbons (Fsp3) is 0.500. The third kappa shape index (κ3) is 2.39. The monoisotopic (exact) mass is 354 g/mol. The summed E-state index contributed by atoms with van der Waals surface area (Å²) in [5.74, 6) is -0.0324. The lowest BCUT2D eigenvalue weighted by atomic mass is 9.50. The number of phenols is 1. The Morgan fingerprint density at radius 3 is 2.73 bits per heavy atom. The normalized spacial score (nSPS) is 38.7. The van der Waals surface area contributed by atoms with Gasteiger partial charge in [-0.25, -0.2) is 0 Å². The molecule has 0 aliphatic heterocycles. The zero-order chi connectivity index (χ0) is 18.5. The number of Topliss-reactive ketones (excluding diaryl/α,β-unsaturated/α-hetero) is 1. The van der Waals surface area contributed by atoms with Crippen molar-refractivity contribution in [2.24, 2.45) is 11.8 Å². The maximum Gasteiger partial charge on any atom is 0.163 e. The summed E-state index contributed by atoms with van der Waals surface area (Å²) in [7, 11) is 0. The third-order valence-electron chi connectivity index (χ3n) is 7.01. The average molecular weight is 354 g/mol. The molecule has 4 nitrogen and oxygen atoms in total. The van der Waals surface area contributed by atoms with E-state index in [1.165, 1.54) is 0 Å². The van der Waals surface area contributed by atoms with Crippen molar-refractivity contribution in [2.75, 3.05) is 0 Å². The Labute approximate surface area is 153 Å². The number of rotatable bonds is 2. The molecular formula is C22H26O4. The first-order chi connectivity index (χ1) is 12.4. The van der Waals surface area contributed by atoms with Crippen LogP contribution in [0.4, 0.5) is 0 Å². The average Bonchev–Trinajstić information content (AvgIpc) is 2.64. The van der Waals surface area contributed by atoms with Crippen molar-refractivity contribution in [1.29, 1.82) is 0 Å². The van der Waals surface area contributed by atoms with E-state index in [2.05, 4.69) is 6.92 Å². The molecule has 0 aromatic heterocycles. The number of hydrogen-bond acceptors (Lipinski definition) is 4. The molecule has 0 spiro atoms. The standard InChI is InChI=1S/C22H26O4/c1-2-21-13-20(25)22(26,14-6-4-3-5-7-14)12-15(21)10-19(24)17-11-16(23)8-9-18(17)21/h3-6,8-9,11,14-15,20,23,25-26H,2,7,10,12-13H2,1H3/t14?,15-,20+,21-,22-/m1/s1. The number of allylic oxidation sites excluding steroid dienone is 3. The van der Waals surface area contributed by atoms with Gasteiger partial charge in [-0.05, 0) is 49.3 Å². The van der Waals surface area contributed by atoms with Crippen molar-refractivity contribution in [3.8, 4) is 5.75 Å². The molecule has 138 valence electrons. The van der Waals surface area contributed by atoms with Crippen LogP contribution in [0.2, 0.25) is 0 Å². The lowest BCUT2D eigenvalue weighted by Gasteiger charge is -2.56. The predicted molar refractivity (Wildman–Crippen MR) is 99.1 cm³/mol. The molecule has 1 saturated carbocycles. The fourth-order valence-electron chi connectivity index (χ4n) is 5.52. The quantitative estimate of drug-likeness (QED) is 0.762. The smallest absolute Gasteiger partial charge is 0.163 e. The van der Waals surface area contributed by atoms with E-state index in [9.17, 15) is 20.1 Å². The Morgan fingerprint density at radius 1 is 1.23 bits per heavy atom. The first-order valence-corrected chi connectivity index (χ1v) is 9.51. The molecule has 26 heavy (non-hydrogen) atoms. The van der Waals surface area contributed by atoms with E-state index < -0.39 is 11.7 Å². The van der Waals surface area contributed by atoms with Crippen LogP contribution < -0.4 is 0 Å². The van der Waals surface area contributed by atoms with Gasteiger partial charge in [-0.3, -0.25) is 4.79 Å². The summed E-state index contributed by atoms with van der Waals surface area (Å²) in [6.45, 7) is 2.08. The van der Waals surface area contributed by atoms with Crippen LogP contribution >= 0.6 is 0 Å². The number of hydrogen-bond donors (Lipinski definition) is 3. The highest BCUT2D eigenvalue weighted by molar-refractivity contribution is 6.00. The van der Waals surface area contributed by atoms with Gasteiger partial charge in [0.25, 0.3) is 0 Å². The van der Waals surface area contributed by atoms with E-state index in [0.717, 1.165) is 12.0 Å². The van der Waals surface area contributed by atoms with Crippen LogP contribution in [0.5, 0.6) is 5.75 Å². The molecular weight excluding hydrogens is 328 g/mol. The van der Waals surface area contributed by atoms with Crippen LogP contribution in [-0.2, 0) is 5.41 Å². The number of carbonyl (C=O) groups is 1. The van der Waals surface area contributed by atoms with E-state index in [1.54, 1.807) is 12.1 Å². The zero-order valence-electron chi connectivity index (χ0n) is 15.1. The van der Waals surface area contributed by atoms with Crippen molar-refractivity contribution >= 4 is 5.78 Å². The Kier molecular flexibility index (Phi) is 4.08. The largest absolute Gasteiger partial charge is 0.508 e. The van der Waals surface area contributed by atoms with Crippen LogP contribution in [0.25, 0.3) is 0 Å². The summed E-state index contributed by atoms with van der Waals surface area (Å²) in [5.41, 5.74) is -0.0590. The summed E-state index contributed by atoms with van der Waals surface area (Å²) in [6, 6.07) is 5.00. The van der Waals surface area contributed by atoms with E-state index in [0.29, 0.717) is 31.2 Å². The SMILES string of the molecule is CC[C@@]12C[C@H](O)[C@](O)(C3C=CC=CC3)C[C@H]1CC(=O)c1cc(O)ccc12. The van der Waals surface area contributed by atoms with Gasteiger partial charge in [0, 0.05) is 23.3 Å². The summed E-state index contributed by atoms with van der Waals surface area (Å²) in [6.07, 6.45) is 9.70. The number of fused-ring (bicyclic) bond motifs is 3. The van der Waals surface area contributed by atoms with Gasteiger partial charge in [-0.1, -0.05) is 37.3 Å². The van der Waals surface area contributed by atoms with E-state index in [4.69, 9.17) is 0 Å². The van der Waals surface area contributed by atoms with E-state index in [-0.39, 0.29) is 28.8 Å². The molecule has 1 fully saturated rings.